The molecule has 134 valence electrons. The fourth-order valence-electron chi connectivity index (χ4n) is 2.80. The number of hydrogen-bond donors (Lipinski definition) is 2. The van der Waals surface area contributed by atoms with E-state index in [1.54, 1.807) is 9.08 Å². The van der Waals surface area contributed by atoms with E-state index in [1.807, 2.05) is 31.2 Å². The fraction of sp³-hybridized carbons (Fsp3) is 0.312. The van der Waals surface area contributed by atoms with Gasteiger partial charge in [-0.3, -0.25) is 9.36 Å². The van der Waals surface area contributed by atoms with Crippen molar-refractivity contribution in [3.63, 3.8) is 0 Å². The van der Waals surface area contributed by atoms with Crippen molar-refractivity contribution in [1.82, 2.24) is 34.7 Å². The number of H-pyrrole nitrogens is 1. The van der Waals surface area contributed by atoms with Crippen LogP contribution in [-0.4, -0.2) is 41.8 Å². The maximum atomic E-state index is 12.0. The van der Waals surface area contributed by atoms with Crippen LogP contribution in [0.4, 0.5) is 0 Å². The molecule has 2 N–H and O–H groups in total. The molecule has 4 rings (SSSR count). The van der Waals surface area contributed by atoms with Gasteiger partial charge in [-0.25, -0.2) is 4.79 Å². The number of aromatic nitrogens is 6. The zero-order chi connectivity index (χ0) is 18.1. The van der Waals surface area contributed by atoms with E-state index in [0.29, 0.717) is 25.9 Å². The molecule has 9 nitrogen and oxygen atoms in total. The predicted molar refractivity (Wildman–Crippen MR) is 97.3 cm³/mol. The lowest BCUT2D eigenvalue weighted by Gasteiger charge is -2.06. The standard InChI is InChI=1S/C16H17N7O2S/c1-10-19-20-16-23(10)21-14(26-16)7-6-13(24)17-8-9-22-12-5-3-2-4-11(12)18-15(22)25/h2-5H,6-9H2,1H3,(H,17,24)(H,18,25). The normalized spacial score (nSPS) is 11.4. The first kappa shape index (κ1) is 16.5. The topological polar surface area (TPSA) is 110 Å². The first-order valence-electron chi connectivity index (χ1n) is 8.24. The minimum atomic E-state index is -0.171. The Morgan fingerprint density at radius 1 is 1.31 bits per heavy atom. The van der Waals surface area contributed by atoms with E-state index in [2.05, 4.69) is 25.6 Å². The first-order valence-corrected chi connectivity index (χ1v) is 9.05. The van der Waals surface area contributed by atoms with Crippen molar-refractivity contribution in [2.75, 3.05) is 6.54 Å². The van der Waals surface area contributed by atoms with E-state index in [9.17, 15) is 9.59 Å². The number of rotatable bonds is 6. The zero-order valence-corrected chi connectivity index (χ0v) is 14.9. The molecule has 0 aliphatic carbocycles. The van der Waals surface area contributed by atoms with Crippen LogP contribution in [0, 0.1) is 6.92 Å². The molecule has 0 atom stereocenters. The highest BCUT2D eigenvalue weighted by Gasteiger charge is 2.11. The van der Waals surface area contributed by atoms with Crippen molar-refractivity contribution in [2.45, 2.75) is 26.3 Å². The van der Waals surface area contributed by atoms with Gasteiger partial charge in [0.1, 0.15) is 5.01 Å². The van der Waals surface area contributed by atoms with E-state index in [0.717, 1.165) is 26.8 Å². The van der Waals surface area contributed by atoms with Crippen LogP contribution in [0.15, 0.2) is 29.1 Å². The lowest BCUT2D eigenvalue weighted by molar-refractivity contribution is -0.121. The molecule has 0 saturated heterocycles. The largest absolute Gasteiger partial charge is 0.354 e. The van der Waals surface area contributed by atoms with Gasteiger partial charge in [0.15, 0.2) is 5.82 Å². The smallest absolute Gasteiger partial charge is 0.326 e. The zero-order valence-electron chi connectivity index (χ0n) is 14.1. The second-order valence-electron chi connectivity index (χ2n) is 5.89. The molecule has 3 heterocycles. The third-order valence-electron chi connectivity index (χ3n) is 4.09. The number of nitrogens with zero attached hydrogens (tertiary/aromatic N) is 5. The summed E-state index contributed by atoms with van der Waals surface area (Å²) in [7, 11) is 0. The van der Waals surface area contributed by atoms with Gasteiger partial charge in [0.05, 0.1) is 11.0 Å². The number of aryl methyl sites for hydroxylation is 2. The molecule has 0 saturated carbocycles. The molecule has 0 unspecified atom stereocenters. The third-order valence-corrected chi connectivity index (χ3v) is 5.05. The Hall–Kier alpha value is -3.01. The second kappa shape index (κ2) is 6.71. The summed E-state index contributed by atoms with van der Waals surface area (Å²) in [6.45, 7) is 2.65. The van der Waals surface area contributed by atoms with Gasteiger partial charge in [0.2, 0.25) is 10.9 Å². The highest BCUT2D eigenvalue weighted by atomic mass is 32.1. The molecule has 26 heavy (non-hydrogen) atoms. The van der Waals surface area contributed by atoms with Gasteiger partial charge in [-0.05, 0) is 19.1 Å². The molecule has 4 aromatic rings. The summed E-state index contributed by atoms with van der Waals surface area (Å²) in [5, 5.41) is 16.0. The van der Waals surface area contributed by atoms with E-state index in [1.165, 1.54) is 11.3 Å². The Balaban J connectivity index is 1.31. The number of para-hydroxylation sites is 2. The maximum Gasteiger partial charge on any atom is 0.326 e. The summed E-state index contributed by atoms with van der Waals surface area (Å²) in [5.74, 6) is 0.664. The Kier molecular flexibility index (Phi) is 4.25. The summed E-state index contributed by atoms with van der Waals surface area (Å²) in [6, 6.07) is 7.49. The molecular formula is C16H17N7O2S. The predicted octanol–water partition coefficient (Wildman–Crippen LogP) is 0.886. The van der Waals surface area contributed by atoms with Crippen LogP contribution in [0.5, 0.6) is 0 Å². The monoisotopic (exact) mass is 371 g/mol. The van der Waals surface area contributed by atoms with Gasteiger partial charge < -0.3 is 10.3 Å². The van der Waals surface area contributed by atoms with Crippen LogP contribution < -0.4 is 11.0 Å². The van der Waals surface area contributed by atoms with Gasteiger partial charge in [-0.15, -0.1) is 10.2 Å². The first-order chi connectivity index (χ1) is 12.6. The highest BCUT2D eigenvalue weighted by Crippen LogP contribution is 2.15. The van der Waals surface area contributed by atoms with Crippen LogP contribution in [0.25, 0.3) is 16.0 Å². The molecule has 0 bridgehead atoms. The molecule has 3 aromatic heterocycles. The van der Waals surface area contributed by atoms with Crippen molar-refractivity contribution in [2.24, 2.45) is 0 Å². The SMILES string of the molecule is Cc1nnc2sc(CCC(=O)NCCn3c(=O)[nH]c4ccccc43)nn12. The summed E-state index contributed by atoms with van der Waals surface area (Å²) in [6.07, 6.45) is 0.887. The van der Waals surface area contributed by atoms with E-state index >= 15 is 0 Å². The van der Waals surface area contributed by atoms with Crippen LogP contribution in [0.3, 0.4) is 0 Å². The van der Waals surface area contributed by atoms with Crippen molar-refractivity contribution >= 4 is 33.2 Å². The highest BCUT2D eigenvalue weighted by molar-refractivity contribution is 7.16. The van der Waals surface area contributed by atoms with Gasteiger partial charge in [-0.1, -0.05) is 23.5 Å². The number of carbonyl (C=O) groups excluding carboxylic acids is 1. The molecule has 0 radical (unpaired) electrons. The number of hydrogen-bond acceptors (Lipinski definition) is 6. The lowest BCUT2D eigenvalue weighted by atomic mass is 10.3. The van der Waals surface area contributed by atoms with Crippen molar-refractivity contribution < 1.29 is 4.79 Å². The maximum absolute atomic E-state index is 12.0. The minimum Gasteiger partial charge on any atom is -0.354 e. The molecule has 0 aliphatic rings. The molecule has 10 heteroatoms. The minimum absolute atomic E-state index is 0.0689. The molecule has 0 fully saturated rings. The van der Waals surface area contributed by atoms with Crippen molar-refractivity contribution in [3.8, 4) is 0 Å². The number of fused-ring (bicyclic) bond motifs is 2. The Morgan fingerprint density at radius 3 is 3.00 bits per heavy atom. The second-order valence-corrected chi connectivity index (χ2v) is 6.93. The van der Waals surface area contributed by atoms with Crippen molar-refractivity contribution in [1.29, 1.82) is 0 Å². The average molecular weight is 371 g/mol. The van der Waals surface area contributed by atoms with E-state index in [-0.39, 0.29) is 11.6 Å². The van der Waals surface area contributed by atoms with Crippen LogP contribution >= 0.6 is 11.3 Å². The third kappa shape index (κ3) is 3.10. The van der Waals surface area contributed by atoms with Crippen LogP contribution in [0.1, 0.15) is 17.3 Å². The summed E-state index contributed by atoms with van der Waals surface area (Å²) < 4.78 is 3.31. The Morgan fingerprint density at radius 2 is 2.15 bits per heavy atom. The van der Waals surface area contributed by atoms with Gasteiger partial charge in [0.25, 0.3) is 0 Å². The summed E-state index contributed by atoms with van der Waals surface area (Å²) in [5.41, 5.74) is 1.46. The van der Waals surface area contributed by atoms with Crippen molar-refractivity contribution in [3.05, 3.63) is 45.6 Å². The number of carbonyl (C=O) groups is 1. The average Bonchev–Trinajstić information content (AvgIpc) is 3.28. The van der Waals surface area contributed by atoms with Gasteiger partial charge in [-0.2, -0.15) is 9.61 Å². The number of amides is 1. The van der Waals surface area contributed by atoms with E-state index in [4.69, 9.17) is 0 Å². The number of aromatic amines is 1. The molecule has 0 aliphatic heterocycles. The lowest BCUT2D eigenvalue weighted by Crippen LogP contribution is -2.30. The summed E-state index contributed by atoms with van der Waals surface area (Å²) in [4.78, 5) is 27.6. The Bertz CT molecular complexity index is 1140. The van der Waals surface area contributed by atoms with Gasteiger partial charge >= 0.3 is 5.69 Å². The van der Waals surface area contributed by atoms with E-state index < -0.39 is 0 Å². The molecule has 1 aromatic carbocycles. The number of imidazole rings is 1. The molecular weight excluding hydrogens is 354 g/mol. The Labute approximate surface area is 151 Å². The quantitative estimate of drug-likeness (QED) is 0.523. The summed E-state index contributed by atoms with van der Waals surface area (Å²) >= 11 is 1.43. The molecule has 0 spiro atoms. The molecule has 1 amide bonds. The van der Waals surface area contributed by atoms with Crippen LogP contribution in [0.2, 0.25) is 0 Å². The fourth-order valence-corrected chi connectivity index (χ4v) is 3.68. The van der Waals surface area contributed by atoms with Gasteiger partial charge in [0, 0.05) is 25.9 Å². The van der Waals surface area contributed by atoms with Crippen LogP contribution in [-0.2, 0) is 17.8 Å². The number of nitrogens with one attached hydrogen (secondary N) is 2. The number of benzene rings is 1.